The Morgan fingerprint density at radius 1 is 0.917 bits per heavy atom. The average molecular weight is 526 g/mol. The van der Waals surface area contributed by atoms with E-state index < -0.39 is 10.0 Å². The first-order valence-corrected chi connectivity index (χ1v) is 14.6. The molecule has 3 aromatic carbocycles. The van der Waals surface area contributed by atoms with E-state index in [9.17, 15) is 13.2 Å². The Kier molecular flexibility index (Phi) is 8.43. The molecule has 7 nitrogen and oxygen atoms in total. The molecule has 0 radical (unpaired) electrons. The molecule has 36 heavy (non-hydrogen) atoms. The number of piperazine rings is 1. The predicted octanol–water partition coefficient (Wildman–Crippen LogP) is 4.35. The number of nitrogens with zero attached hydrogens (tertiary/aromatic N) is 3. The third-order valence-corrected chi connectivity index (χ3v) is 8.63. The first-order chi connectivity index (χ1) is 17.4. The summed E-state index contributed by atoms with van der Waals surface area (Å²) in [4.78, 5) is 18.5. The number of ether oxygens (including phenoxy) is 1. The Morgan fingerprint density at radius 2 is 1.56 bits per heavy atom. The van der Waals surface area contributed by atoms with E-state index in [0.717, 1.165) is 10.6 Å². The molecule has 3 aromatic rings. The van der Waals surface area contributed by atoms with Crippen molar-refractivity contribution in [2.45, 2.75) is 16.7 Å². The first kappa shape index (κ1) is 25.9. The first-order valence-electron chi connectivity index (χ1n) is 11.9. The summed E-state index contributed by atoms with van der Waals surface area (Å²) < 4.78 is 34.6. The van der Waals surface area contributed by atoms with Gasteiger partial charge in [0.05, 0.1) is 17.2 Å². The number of amides is 1. The lowest BCUT2D eigenvalue weighted by Gasteiger charge is -2.37. The van der Waals surface area contributed by atoms with E-state index in [-0.39, 0.29) is 17.3 Å². The Hall–Kier alpha value is -3.17. The maximum atomic E-state index is 13.8. The Labute approximate surface area is 217 Å². The number of carbonyl (C=O) groups excluding carboxylic acids is 1. The molecule has 0 unspecified atom stereocenters. The lowest BCUT2D eigenvalue weighted by atomic mass is 10.2. The van der Waals surface area contributed by atoms with Crippen LogP contribution in [-0.2, 0) is 14.8 Å². The molecule has 0 aromatic heterocycles. The van der Waals surface area contributed by atoms with Gasteiger partial charge in [-0.1, -0.05) is 30.3 Å². The van der Waals surface area contributed by atoms with Crippen molar-refractivity contribution in [1.82, 2.24) is 4.90 Å². The fraction of sp³-hybridized carbons (Fsp3) is 0.296. The highest BCUT2D eigenvalue weighted by molar-refractivity contribution is 7.98. The van der Waals surface area contributed by atoms with Crippen LogP contribution in [0.1, 0.15) is 6.92 Å². The van der Waals surface area contributed by atoms with Crippen molar-refractivity contribution in [3.05, 3.63) is 78.9 Å². The van der Waals surface area contributed by atoms with E-state index in [0.29, 0.717) is 44.2 Å². The lowest BCUT2D eigenvalue weighted by molar-refractivity contribution is -0.129. The number of carbonyl (C=O) groups is 1. The number of hydrogen-bond acceptors (Lipinski definition) is 6. The van der Waals surface area contributed by atoms with Gasteiger partial charge in [-0.25, -0.2) is 8.42 Å². The van der Waals surface area contributed by atoms with E-state index in [1.54, 1.807) is 53.4 Å². The van der Waals surface area contributed by atoms with Crippen LogP contribution in [0.2, 0.25) is 0 Å². The van der Waals surface area contributed by atoms with Gasteiger partial charge in [0.15, 0.2) is 0 Å². The van der Waals surface area contributed by atoms with Crippen molar-refractivity contribution in [3.8, 4) is 5.75 Å². The fourth-order valence-electron chi connectivity index (χ4n) is 4.19. The predicted molar refractivity (Wildman–Crippen MR) is 146 cm³/mol. The van der Waals surface area contributed by atoms with Gasteiger partial charge < -0.3 is 14.5 Å². The highest BCUT2D eigenvalue weighted by Gasteiger charge is 2.32. The van der Waals surface area contributed by atoms with E-state index in [1.165, 1.54) is 16.1 Å². The molecule has 4 rings (SSSR count). The second kappa shape index (κ2) is 11.7. The van der Waals surface area contributed by atoms with Crippen LogP contribution in [0.25, 0.3) is 0 Å². The van der Waals surface area contributed by atoms with Gasteiger partial charge in [-0.15, -0.1) is 11.8 Å². The monoisotopic (exact) mass is 525 g/mol. The number of sulfonamides is 1. The number of hydrogen-bond donors (Lipinski definition) is 0. The molecule has 0 atom stereocenters. The van der Waals surface area contributed by atoms with Gasteiger partial charge in [-0.2, -0.15) is 0 Å². The minimum Gasteiger partial charge on any atom is -0.492 e. The van der Waals surface area contributed by atoms with E-state index >= 15 is 0 Å². The zero-order chi connectivity index (χ0) is 25.5. The number of para-hydroxylation sites is 3. The number of benzene rings is 3. The SMILES string of the molecule is CCOc1ccccc1N(CC(=O)N1CCN(c2ccccc2)CC1)S(=O)(=O)c1ccc(SC)cc1. The lowest BCUT2D eigenvalue weighted by Crippen LogP contribution is -2.52. The maximum absolute atomic E-state index is 13.8. The Balaban J connectivity index is 1.59. The quantitative estimate of drug-likeness (QED) is 0.387. The maximum Gasteiger partial charge on any atom is 0.264 e. The van der Waals surface area contributed by atoms with E-state index in [4.69, 9.17) is 4.74 Å². The smallest absolute Gasteiger partial charge is 0.264 e. The van der Waals surface area contributed by atoms with Crippen molar-refractivity contribution in [1.29, 1.82) is 0 Å². The molecule has 1 saturated heterocycles. The van der Waals surface area contributed by atoms with Crippen LogP contribution in [0.5, 0.6) is 5.75 Å². The molecule has 190 valence electrons. The van der Waals surface area contributed by atoms with Crippen LogP contribution in [0.4, 0.5) is 11.4 Å². The summed E-state index contributed by atoms with van der Waals surface area (Å²) in [5.41, 5.74) is 1.47. The molecule has 1 aliphatic rings. The van der Waals surface area contributed by atoms with Gasteiger partial charge in [0.2, 0.25) is 5.91 Å². The largest absolute Gasteiger partial charge is 0.492 e. The highest BCUT2D eigenvalue weighted by Crippen LogP contribution is 2.33. The molecular formula is C27H31N3O4S2. The normalized spacial score (nSPS) is 13.9. The molecule has 1 fully saturated rings. The summed E-state index contributed by atoms with van der Waals surface area (Å²) in [5, 5.41) is 0. The van der Waals surface area contributed by atoms with Gasteiger partial charge >= 0.3 is 0 Å². The van der Waals surface area contributed by atoms with Gasteiger partial charge in [0.25, 0.3) is 10.0 Å². The summed E-state index contributed by atoms with van der Waals surface area (Å²) in [6.07, 6.45) is 1.93. The van der Waals surface area contributed by atoms with Gasteiger partial charge in [0, 0.05) is 36.8 Å². The summed E-state index contributed by atoms with van der Waals surface area (Å²) in [5.74, 6) is 0.185. The van der Waals surface area contributed by atoms with Crippen LogP contribution in [0.15, 0.2) is 88.7 Å². The number of rotatable bonds is 9. The second-order valence-corrected chi connectivity index (χ2v) is 11.0. The number of anilines is 2. The van der Waals surface area contributed by atoms with Crippen LogP contribution >= 0.6 is 11.8 Å². The molecule has 1 heterocycles. The minimum absolute atomic E-state index is 0.133. The molecular weight excluding hydrogens is 494 g/mol. The molecule has 0 aliphatic carbocycles. The van der Waals surface area contributed by atoms with E-state index in [2.05, 4.69) is 17.0 Å². The van der Waals surface area contributed by atoms with Crippen LogP contribution < -0.4 is 13.9 Å². The summed E-state index contributed by atoms with van der Waals surface area (Å²) in [7, 11) is -4.02. The Bertz CT molecular complexity index is 1260. The van der Waals surface area contributed by atoms with Crippen LogP contribution in [0, 0.1) is 0 Å². The molecule has 0 saturated carbocycles. The van der Waals surface area contributed by atoms with Crippen molar-refractivity contribution in [2.24, 2.45) is 0 Å². The Morgan fingerprint density at radius 3 is 2.19 bits per heavy atom. The number of thioether (sulfide) groups is 1. The third-order valence-electron chi connectivity index (χ3n) is 6.11. The zero-order valence-corrected chi connectivity index (χ0v) is 22.2. The third kappa shape index (κ3) is 5.79. The van der Waals surface area contributed by atoms with Gasteiger partial charge in [-0.05, 0) is 61.7 Å². The molecule has 0 spiro atoms. The summed E-state index contributed by atoms with van der Waals surface area (Å²) in [6, 6.07) is 23.7. The highest BCUT2D eigenvalue weighted by atomic mass is 32.2. The molecule has 0 bridgehead atoms. The van der Waals surface area contributed by atoms with Crippen LogP contribution in [0.3, 0.4) is 0 Å². The topological polar surface area (TPSA) is 70.2 Å². The van der Waals surface area contributed by atoms with E-state index in [1.807, 2.05) is 31.4 Å². The van der Waals surface area contributed by atoms with Crippen molar-refractivity contribution < 1.29 is 17.9 Å². The standard InChI is InChI=1S/C27H31N3O4S2/c1-3-34-26-12-8-7-11-25(26)30(36(32,33)24-15-13-23(35-2)14-16-24)21-27(31)29-19-17-28(18-20-29)22-9-5-4-6-10-22/h4-16H,3,17-21H2,1-2H3. The van der Waals surface area contributed by atoms with Crippen molar-refractivity contribution in [2.75, 3.05) is 54.8 Å². The molecule has 1 amide bonds. The van der Waals surface area contributed by atoms with Crippen molar-refractivity contribution >= 4 is 39.1 Å². The van der Waals surface area contributed by atoms with Gasteiger partial charge in [0.1, 0.15) is 12.3 Å². The summed E-state index contributed by atoms with van der Waals surface area (Å²) >= 11 is 1.54. The molecule has 0 N–H and O–H groups in total. The molecule has 1 aliphatic heterocycles. The van der Waals surface area contributed by atoms with Gasteiger partial charge in [-0.3, -0.25) is 9.10 Å². The zero-order valence-electron chi connectivity index (χ0n) is 20.5. The minimum atomic E-state index is -4.02. The van der Waals surface area contributed by atoms with Crippen LogP contribution in [-0.4, -0.2) is 64.8 Å². The fourth-order valence-corrected chi connectivity index (χ4v) is 6.02. The molecule has 9 heteroatoms. The average Bonchev–Trinajstić information content (AvgIpc) is 2.93. The summed E-state index contributed by atoms with van der Waals surface area (Å²) in [6.45, 7) is 4.34. The van der Waals surface area contributed by atoms with Crippen molar-refractivity contribution in [3.63, 3.8) is 0 Å². The second-order valence-electron chi connectivity index (χ2n) is 8.29.